The third kappa shape index (κ3) is 5.18. The predicted molar refractivity (Wildman–Crippen MR) is 97.2 cm³/mol. The monoisotopic (exact) mass is 379 g/mol. The third-order valence-corrected chi connectivity index (χ3v) is 4.56. The van der Waals surface area contributed by atoms with E-state index in [-0.39, 0.29) is 24.4 Å². The highest BCUT2D eigenvalue weighted by Gasteiger charge is 2.40. The van der Waals surface area contributed by atoms with E-state index in [0.29, 0.717) is 32.8 Å². The zero-order chi connectivity index (χ0) is 20.0. The highest BCUT2D eigenvalue weighted by atomic mass is 19.1. The summed E-state index contributed by atoms with van der Waals surface area (Å²) in [5.74, 6) is -1.03. The van der Waals surface area contributed by atoms with Gasteiger partial charge in [-0.3, -0.25) is 9.59 Å². The van der Waals surface area contributed by atoms with Crippen LogP contribution in [0.3, 0.4) is 0 Å². The molecule has 1 aliphatic heterocycles. The molecular weight excluding hydrogens is 353 g/mol. The van der Waals surface area contributed by atoms with E-state index in [1.807, 2.05) is 0 Å². The average Bonchev–Trinajstić information content (AvgIpc) is 2.67. The van der Waals surface area contributed by atoms with Crippen molar-refractivity contribution in [3.8, 4) is 0 Å². The van der Waals surface area contributed by atoms with Gasteiger partial charge in [0.2, 0.25) is 11.8 Å². The number of hydrogen-bond acceptors (Lipinski definition) is 4. The summed E-state index contributed by atoms with van der Waals surface area (Å²) in [5, 5.41) is 2.73. The van der Waals surface area contributed by atoms with Crippen LogP contribution in [0.1, 0.15) is 26.3 Å². The predicted octanol–water partition coefficient (Wildman–Crippen LogP) is 1.77. The standard InChI is InChI=1S/C19H26FN3O4/c1-4-27-18(26)23-11-9-22(10-12-23)17(25)19(2,3)16(24)21-13-14-5-7-15(20)8-6-14/h5-8H,4,9-13H2,1-3H3,(H,21,24). The van der Waals surface area contributed by atoms with Crippen molar-refractivity contribution in [2.45, 2.75) is 27.3 Å². The molecule has 1 fully saturated rings. The van der Waals surface area contributed by atoms with E-state index in [4.69, 9.17) is 4.74 Å². The van der Waals surface area contributed by atoms with Crippen LogP contribution in [0.4, 0.5) is 9.18 Å². The summed E-state index contributed by atoms with van der Waals surface area (Å²) in [6.45, 7) is 6.87. The minimum Gasteiger partial charge on any atom is -0.450 e. The molecule has 7 nitrogen and oxygen atoms in total. The zero-order valence-electron chi connectivity index (χ0n) is 16.0. The number of piperazine rings is 1. The van der Waals surface area contributed by atoms with Gasteiger partial charge in [-0.2, -0.15) is 0 Å². The highest BCUT2D eigenvalue weighted by Crippen LogP contribution is 2.21. The van der Waals surface area contributed by atoms with Crippen molar-refractivity contribution < 1.29 is 23.5 Å². The van der Waals surface area contributed by atoms with Gasteiger partial charge in [-0.15, -0.1) is 0 Å². The number of nitrogens with one attached hydrogen (secondary N) is 1. The van der Waals surface area contributed by atoms with Gasteiger partial charge in [0.1, 0.15) is 11.2 Å². The number of carbonyl (C=O) groups excluding carboxylic acids is 3. The first-order chi connectivity index (χ1) is 12.8. The second-order valence-electron chi connectivity index (χ2n) is 6.91. The van der Waals surface area contributed by atoms with Gasteiger partial charge in [0.05, 0.1) is 6.61 Å². The van der Waals surface area contributed by atoms with Crippen LogP contribution in [0.2, 0.25) is 0 Å². The zero-order valence-corrected chi connectivity index (χ0v) is 16.0. The number of carbonyl (C=O) groups is 3. The molecule has 0 unspecified atom stereocenters. The SMILES string of the molecule is CCOC(=O)N1CCN(C(=O)C(C)(C)C(=O)NCc2ccc(F)cc2)CC1. The van der Waals surface area contributed by atoms with Gasteiger partial charge in [-0.25, -0.2) is 9.18 Å². The largest absolute Gasteiger partial charge is 0.450 e. The van der Waals surface area contributed by atoms with Gasteiger partial charge in [-0.1, -0.05) is 12.1 Å². The topological polar surface area (TPSA) is 79.0 Å². The maximum absolute atomic E-state index is 12.9. The Morgan fingerprint density at radius 3 is 2.19 bits per heavy atom. The summed E-state index contributed by atoms with van der Waals surface area (Å²) in [6, 6.07) is 5.81. The first-order valence-electron chi connectivity index (χ1n) is 8.99. The van der Waals surface area contributed by atoms with Gasteiger partial charge in [0.25, 0.3) is 0 Å². The number of halogens is 1. The highest BCUT2D eigenvalue weighted by molar-refractivity contribution is 6.04. The molecule has 0 radical (unpaired) electrons. The van der Waals surface area contributed by atoms with E-state index in [1.54, 1.807) is 42.7 Å². The molecule has 0 spiro atoms. The maximum atomic E-state index is 12.9. The summed E-state index contributed by atoms with van der Waals surface area (Å²) in [5.41, 5.74) is -0.498. The van der Waals surface area contributed by atoms with Crippen molar-refractivity contribution in [3.05, 3.63) is 35.6 Å². The number of ether oxygens (including phenoxy) is 1. The fourth-order valence-corrected chi connectivity index (χ4v) is 2.80. The lowest BCUT2D eigenvalue weighted by atomic mass is 9.90. The first kappa shape index (κ1) is 20.7. The minimum atomic E-state index is -1.24. The number of rotatable bonds is 5. The van der Waals surface area contributed by atoms with E-state index in [0.717, 1.165) is 5.56 Å². The molecule has 1 N–H and O–H groups in total. The van der Waals surface area contributed by atoms with Gasteiger partial charge < -0.3 is 19.9 Å². The summed E-state index contributed by atoms with van der Waals surface area (Å²) in [6.07, 6.45) is -0.388. The number of benzene rings is 1. The summed E-state index contributed by atoms with van der Waals surface area (Å²) in [7, 11) is 0. The van der Waals surface area contributed by atoms with E-state index in [9.17, 15) is 18.8 Å². The Labute approximate surface area is 158 Å². The van der Waals surface area contributed by atoms with Crippen molar-refractivity contribution in [2.75, 3.05) is 32.8 Å². The fraction of sp³-hybridized carbons (Fsp3) is 0.526. The molecule has 1 saturated heterocycles. The Kier molecular flexibility index (Phi) is 6.76. The molecule has 0 aromatic heterocycles. The molecule has 1 aromatic rings. The number of amides is 3. The van der Waals surface area contributed by atoms with Gasteiger partial charge >= 0.3 is 6.09 Å². The first-order valence-corrected chi connectivity index (χ1v) is 8.99. The normalized spacial score (nSPS) is 14.7. The van der Waals surface area contributed by atoms with Crippen molar-refractivity contribution in [3.63, 3.8) is 0 Å². The lowest BCUT2D eigenvalue weighted by Crippen LogP contribution is -2.56. The Morgan fingerprint density at radius 2 is 1.63 bits per heavy atom. The van der Waals surface area contributed by atoms with Gasteiger partial charge in [-0.05, 0) is 38.5 Å². The molecule has 0 aliphatic carbocycles. The van der Waals surface area contributed by atoms with E-state index < -0.39 is 11.3 Å². The molecule has 3 amide bonds. The molecule has 2 rings (SSSR count). The molecule has 1 aromatic carbocycles. The Balaban J connectivity index is 1.89. The molecule has 0 saturated carbocycles. The van der Waals surface area contributed by atoms with Gasteiger partial charge in [0, 0.05) is 32.7 Å². The van der Waals surface area contributed by atoms with Crippen LogP contribution < -0.4 is 5.32 Å². The van der Waals surface area contributed by atoms with Gasteiger partial charge in [0.15, 0.2) is 0 Å². The van der Waals surface area contributed by atoms with Crippen LogP contribution in [0, 0.1) is 11.2 Å². The molecule has 27 heavy (non-hydrogen) atoms. The second-order valence-corrected chi connectivity index (χ2v) is 6.91. The average molecular weight is 379 g/mol. The molecule has 0 bridgehead atoms. The van der Waals surface area contributed by atoms with Crippen molar-refractivity contribution in [2.24, 2.45) is 5.41 Å². The van der Waals surface area contributed by atoms with Crippen LogP contribution >= 0.6 is 0 Å². The second kappa shape index (κ2) is 8.83. The van der Waals surface area contributed by atoms with Crippen LogP contribution in [-0.2, 0) is 20.9 Å². The fourth-order valence-electron chi connectivity index (χ4n) is 2.80. The Bertz CT molecular complexity index is 683. The Morgan fingerprint density at radius 1 is 1.07 bits per heavy atom. The maximum Gasteiger partial charge on any atom is 0.409 e. The number of nitrogens with zero attached hydrogens (tertiary/aromatic N) is 2. The third-order valence-electron chi connectivity index (χ3n) is 4.56. The molecule has 148 valence electrons. The van der Waals surface area contributed by atoms with Crippen LogP contribution in [0.15, 0.2) is 24.3 Å². The van der Waals surface area contributed by atoms with Crippen molar-refractivity contribution >= 4 is 17.9 Å². The molecule has 1 aliphatic rings. The Hall–Kier alpha value is -2.64. The van der Waals surface area contributed by atoms with Crippen molar-refractivity contribution in [1.29, 1.82) is 0 Å². The van der Waals surface area contributed by atoms with E-state index in [2.05, 4.69) is 5.32 Å². The summed E-state index contributed by atoms with van der Waals surface area (Å²) < 4.78 is 17.9. The minimum absolute atomic E-state index is 0.215. The summed E-state index contributed by atoms with van der Waals surface area (Å²) in [4.78, 5) is 40.2. The van der Waals surface area contributed by atoms with Crippen LogP contribution in [-0.4, -0.2) is 60.5 Å². The molecular formula is C19H26FN3O4. The lowest BCUT2D eigenvalue weighted by Gasteiger charge is -2.37. The smallest absolute Gasteiger partial charge is 0.409 e. The lowest BCUT2D eigenvalue weighted by molar-refractivity contribution is -0.149. The van der Waals surface area contributed by atoms with E-state index in [1.165, 1.54) is 12.1 Å². The number of hydrogen-bond donors (Lipinski definition) is 1. The molecule has 8 heteroatoms. The van der Waals surface area contributed by atoms with Crippen LogP contribution in [0.25, 0.3) is 0 Å². The van der Waals surface area contributed by atoms with Crippen molar-refractivity contribution in [1.82, 2.24) is 15.1 Å². The molecule has 1 heterocycles. The van der Waals surface area contributed by atoms with Crippen LogP contribution in [0.5, 0.6) is 0 Å². The summed E-state index contributed by atoms with van der Waals surface area (Å²) >= 11 is 0. The quantitative estimate of drug-likeness (QED) is 0.791. The molecule has 0 atom stereocenters. The van der Waals surface area contributed by atoms with E-state index >= 15 is 0 Å².